The molecule has 136 valence electrons. The SMILES string of the molecule is N#Cc1cc(NC(=O)c2csc(-c3cccc(C(F)(F)F)c3)n2)ccc1F. The minimum Gasteiger partial charge on any atom is -0.321 e. The largest absolute Gasteiger partial charge is 0.416 e. The number of nitrogens with one attached hydrogen (secondary N) is 1. The fourth-order valence-corrected chi connectivity index (χ4v) is 3.02. The summed E-state index contributed by atoms with van der Waals surface area (Å²) in [6.07, 6.45) is -4.48. The van der Waals surface area contributed by atoms with Crippen LogP contribution in [0.5, 0.6) is 0 Å². The van der Waals surface area contributed by atoms with E-state index in [1.807, 2.05) is 0 Å². The summed E-state index contributed by atoms with van der Waals surface area (Å²) in [5.74, 6) is -1.34. The summed E-state index contributed by atoms with van der Waals surface area (Å²) in [4.78, 5) is 16.3. The summed E-state index contributed by atoms with van der Waals surface area (Å²) in [7, 11) is 0. The highest BCUT2D eigenvalue weighted by Gasteiger charge is 2.30. The molecule has 1 N–H and O–H groups in total. The Bertz CT molecular complexity index is 1050. The number of halogens is 4. The molecular formula is C18H9F4N3OS. The van der Waals surface area contributed by atoms with Gasteiger partial charge in [-0.3, -0.25) is 4.79 Å². The van der Waals surface area contributed by atoms with Crippen LogP contribution < -0.4 is 5.32 Å². The summed E-state index contributed by atoms with van der Waals surface area (Å²) < 4.78 is 51.8. The van der Waals surface area contributed by atoms with Gasteiger partial charge in [0, 0.05) is 16.6 Å². The van der Waals surface area contributed by atoms with Crippen molar-refractivity contribution in [2.24, 2.45) is 0 Å². The van der Waals surface area contributed by atoms with Gasteiger partial charge in [0.25, 0.3) is 5.91 Å². The molecule has 0 saturated carbocycles. The minimum atomic E-state index is -4.48. The molecular weight excluding hydrogens is 382 g/mol. The Morgan fingerprint density at radius 1 is 1.19 bits per heavy atom. The zero-order valence-electron chi connectivity index (χ0n) is 13.3. The first-order valence-electron chi connectivity index (χ1n) is 7.42. The first kappa shape index (κ1) is 18.5. The second kappa shape index (κ2) is 7.17. The number of carbonyl (C=O) groups is 1. The Morgan fingerprint density at radius 2 is 1.96 bits per heavy atom. The number of nitrogens with zero attached hydrogens (tertiary/aromatic N) is 2. The van der Waals surface area contributed by atoms with E-state index in [-0.39, 0.29) is 27.5 Å². The van der Waals surface area contributed by atoms with Crippen molar-refractivity contribution in [2.75, 3.05) is 5.32 Å². The number of thiazole rings is 1. The number of anilines is 1. The van der Waals surface area contributed by atoms with Crippen LogP contribution in [0.25, 0.3) is 10.6 Å². The van der Waals surface area contributed by atoms with E-state index in [0.29, 0.717) is 0 Å². The van der Waals surface area contributed by atoms with E-state index in [0.717, 1.165) is 29.5 Å². The molecule has 2 aromatic carbocycles. The molecule has 0 fully saturated rings. The number of amides is 1. The molecule has 27 heavy (non-hydrogen) atoms. The quantitative estimate of drug-likeness (QED) is 0.633. The molecule has 0 aliphatic carbocycles. The molecule has 0 saturated heterocycles. The number of carbonyl (C=O) groups excluding carboxylic acids is 1. The normalized spacial score (nSPS) is 11.1. The second-order valence-electron chi connectivity index (χ2n) is 5.38. The summed E-state index contributed by atoms with van der Waals surface area (Å²) in [5.41, 5.74) is -0.600. The molecule has 4 nitrogen and oxygen atoms in total. The lowest BCUT2D eigenvalue weighted by molar-refractivity contribution is -0.137. The number of hydrogen-bond donors (Lipinski definition) is 1. The summed E-state index contributed by atoms with van der Waals surface area (Å²) in [5, 5.41) is 12.9. The number of hydrogen-bond acceptors (Lipinski definition) is 4. The summed E-state index contributed by atoms with van der Waals surface area (Å²) in [6, 6.07) is 9.81. The molecule has 9 heteroatoms. The van der Waals surface area contributed by atoms with E-state index in [9.17, 15) is 22.4 Å². The van der Waals surface area contributed by atoms with Crippen molar-refractivity contribution >= 4 is 22.9 Å². The Morgan fingerprint density at radius 3 is 2.67 bits per heavy atom. The monoisotopic (exact) mass is 391 g/mol. The number of nitriles is 1. The maximum absolute atomic E-state index is 13.3. The Kier molecular flexibility index (Phi) is 4.92. The van der Waals surface area contributed by atoms with Crippen LogP contribution in [0.3, 0.4) is 0 Å². The van der Waals surface area contributed by atoms with Gasteiger partial charge in [0.05, 0.1) is 11.1 Å². The third kappa shape index (κ3) is 4.12. The third-order valence-corrected chi connectivity index (χ3v) is 4.41. The summed E-state index contributed by atoms with van der Waals surface area (Å²) in [6.45, 7) is 0. The van der Waals surface area contributed by atoms with Crippen LogP contribution in [0, 0.1) is 17.1 Å². The van der Waals surface area contributed by atoms with Crippen LogP contribution in [0.2, 0.25) is 0 Å². The Balaban J connectivity index is 1.82. The van der Waals surface area contributed by atoms with Gasteiger partial charge in [0.2, 0.25) is 0 Å². The van der Waals surface area contributed by atoms with Crippen molar-refractivity contribution in [3.63, 3.8) is 0 Å². The molecule has 3 aromatic rings. The lowest BCUT2D eigenvalue weighted by Crippen LogP contribution is -2.12. The van der Waals surface area contributed by atoms with Crippen LogP contribution in [0.4, 0.5) is 23.2 Å². The molecule has 1 amide bonds. The fourth-order valence-electron chi connectivity index (χ4n) is 2.22. The molecule has 0 aliphatic heterocycles. The van der Waals surface area contributed by atoms with Crippen molar-refractivity contribution in [1.29, 1.82) is 5.26 Å². The topological polar surface area (TPSA) is 65.8 Å². The lowest BCUT2D eigenvalue weighted by Gasteiger charge is -2.07. The van der Waals surface area contributed by atoms with E-state index in [1.165, 1.54) is 29.6 Å². The predicted octanol–water partition coefficient (Wildman–Crippen LogP) is 5.09. The highest BCUT2D eigenvalue weighted by molar-refractivity contribution is 7.13. The maximum atomic E-state index is 13.3. The number of alkyl halides is 3. The first-order chi connectivity index (χ1) is 12.8. The molecule has 3 rings (SSSR count). The smallest absolute Gasteiger partial charge is 0.321 e. The van der Waals surface area contributed by atoms with Crippen molar-refractivity contribution in [2.45, 2.75) is 6.18 Å². The number of rotatable bonds is 3. The van der Waals surface area contributed by atoms with Crippen molar-refractivity contribution < 1.29 is 22.4 Å². The standard InChI is InChI=1S/C18H9F4N3OS/c19-14-5-4-13(7-11(14)8-23)24-16(26)15-9-27-17(25-15)10-2-1-3-12(6-10)18(20,21)22/h1-7,9H,(H,24,26). The van der Waals surface area contributed by atoms with Gasteiger partial charge in [-0.2, -0.15) is 18.4 Å². The van der Waals surface area contributed by atoms with Crippen molar-refractivity contribution in [1.82, 2.24) is 4.98 Å². The maximum Gasteiger partial charge on any atom is 0.416 e. The van der Waals surface area contributed by atoms with Crippen LogP contribution in [-0.4, -0.2) is 10.9 Å². The molecule has 0 unspecified atom stereocenters. The number of benzene rings is 2. The summed E-state index contributed by atoms with van der Waals surface area (Å²) >= 11 is 1.02. The van der Waals surface area contributed by atoms with Gasteiger partial charge in [-0.25, -0.2) is 9.37 Å². The minimum absolute atomic E-state index is 0.00440. The van der Waals surface area contributed by atoms with E-state index < -0.39 is 23.5 Å². The van der Waals surface area contributed by atoms with Crippen molar-refractivity contribution in [3.05, 3.63) is 70.5 Å². The van der Waals surface area contributed by atoms with E-state index in [1.54, 1.807) is 6.07 Å². The predicted molar refractivity (Wildman–Crippen MR) is 91.6 cm³/mol. The molecule has 0 bridgehead atoms. The lowest BCUT2D eigenvalue weighted by atomic mass is 10.1. The van der Waals surface area contributed by atoms with Gasteiger partial charge >= 0.3 is 6.18 Å². The van der Waals surface area contributed by atoms with Gasteiger partial charge in [-0.15, -0.1) is 11.3 Å². The van der Waals surface area contributed by atoms with Gasteiger partial charge in [0.1, 0.15) is 22.6 Å². The Labute approximate surface area is 154 Å². The van der Waals surface area contributed by atoms with Gasteiger partial charge in [-0.05, 0) is 30.3 Å². The first-order valence-corrected chi connectivity index (χ1v) is 8.30. The van der Waals surface area contributed by atoms with E-state index >= 15 is 0 Å². The zero-order chi connectivity index (χ0) is 19.6. The average Bonchev–Trinajstić information content (AvgIpc) is 3.13. The second-order valence-corrected chi connectivity index (χ2v) is 6.24. The molecule has 0 aliphatic rings. The van der Waals surface area contributed by atoms with Crippen LogP contribution in [0.1, 0.15) is 21.6 Å². The van der Waals surface area contributed by atoms with Gasteiger partial charge in [0.15, 0.2) is 0 Å². The Hall–Kier alpha value is -3.25. The fraction of sp³-hybridized carbons (Fsp3) is 0.0556. The molecule has 0 atom stereocenters. The van der Waals surface area contributed by atoms with Crippen LogP contribution in [-0.2, 0) is 6.18 Å². The van der Waals surface area contributed by atoms with E-state index in [2.05, 4.69) is 10.3 Å². The van der Waals surface area contributed by atoms with E-state index in [4.69, 9.17) is 5.26 Å². The van der Waals surface area contributed by atoms with Crippen LogP contribution >= 0.6 is 11.3 Å². The third-order valence-electron chi connectivity index (χ3n) is 3.52. The van der Waals surface area contributed by atoms with Gasteiger partial charge in [-0.1, -0.05) is 12.1 Å². The highest BCUT2D eigenvalue weighted by atomic mass is 32.1. The van der Waals surface area contributed by atoms with Crippen LogP contribution in [0.15, 0.2) is 47.8 Å². The average molecular weight is 391 g/mol. The van der Waals surface area contributed by atoms with Gasteiger partial charge < -0.3 is 5.32 Å². The molecule has 0 radical (unpaired) electrons. The molecule has 0 spiro atoms. The van der Waals surface area contributed by atoms with Crippen molar-refractivity contribution in [3.8, 4) is 16.6 Å². The zero-order valence-corrected chi connectivity index (χ0v) is 14.2. The molecule has 1 aromatic heterocycles. The highest BCUT2D eigenvalue weighted by Crippen LogP contribution is 2.33. The number of aromatic nitrogens is 1. The molecule has 1 heterocycles.